The number of hydrogen-bond acceptors (Lipinski definition) is 3. The summed E-state index contributed by atoms with van der Waals surface area (Å²) < 4.78 is 2.03. The number of amides is 2. The Morgan fingerprint density at radius 2 is 2.23 bits per heavy atom. The van der Waals surface area contributed by atoms with Crippen molar-refractivity contribution in [2.24, 2.45) is 7.05 Å². The van der Waals surface area contributed by atoms with Crippen LogP contribution >= 0.6 is 11.3 Å². The maximum atomic E-state index is 11.7. The lowest BCUT2D eigenvalue weighted by molar-refractivity contribution is 0.175. The lowest BCUT2D eigenvalue weighted by Crippen LogP contribution is -2.32. The molecule has 0 bridgehead atoms. The van der Waals surface area contributed by atoms with Gasteiger partial charge in [-0.1, -0.05) is 6.07 Å². The Hall–Kier alpha value is -2.31. The molecule has 2 heterocycles. The molecule has 3 aromatic rings. The van der Waals surface area contributed by atoms with Crippen molar-refractivity contribution in [3.63, 3.8) is 0 Å². The third-order valence-corrected chi connectivity index (χ3v) is 4.29. The maximum absolute atomic E-state index is 11.7. The second-order valence-corrected chi connectivity index (χ2v) is 6.02. The van der Waals surface area contributed by atoms with Gasteiger partial charge >= 0.3 is 6.03 Å². The number of aromatic nitrogens is 1. The number of urea groups is 1. The Labute approximate surface area is 132 Å². The number of nitrogens with zero attached hydrogens (tertiary/aromatic N) is 1. The molecule has 0 aliphatic heterocycles. The Kier molecular flexibility index (Phi) is 4.13. The molecule has 0 aliphatic carbocycles. The molecule has 114 valence electrons. The van der Waals surface area contributed by atoms with E-state index in [9.17, 15) is 9.90 Å². The Balaban J connectivity index is 1.60. The van der Waals surface area contributed by atoms with E-state index in [0.717, 1.165) is 21.5 Å². The highest BCUT2D eigenvalue weighted by Gasteiger charge is 2.11. The minimum atomic E-state index is -0.737. The zero-order chi connectivity index (χ0) is 15.5. The Morgan fingerprint density at radius 1 is 1.36 bits per heavy atom. The van der Waals surface area contributed by atoms with Gasteiger partial charge in [0.1, 0.15) is 0 Å². The van der Waals surface area contributed by atoms with Gasteiger partial charge in [-0.25, -0.2) is 4.79 Å². The number of aliphatic hydroxyl groups excluding tert-OH is 1. The van der Waals surface area contributed by atoms with E-state index in [0.29, 0.717) is 0 Å². The number of carbonyl (C=O) groups is 1. The van der Waals surface area contributed by atoms with E-state index in [1.807, 2.05) is 59.6 Å². The zero-order valence-corrected chi connectivity index (χ0v) is 12.9. The van der Waals surface area contributed by atoms with Gasteiger partial charge in [0, 0.05) is 25.3 Å². The van der Waals surface area contributed by atoms with Crippen molar-refractivity contribution >= 4 is 33.3 Å². The molecule has 3 N–H and O–H groups in total. The zero-order valence-electron chi connectivity index (χ0n) is 12.1. The molecule has 1 aromatic carbocycles. The summed E-state index contributed by atoms with van der Waals surface area (Å²) in [5.41, 5.74) is 1.90. The topological polar surface area (TPSA) is 66.3 Å². The van der Waals surface area contributed by atoms with Crippen LogP contribution in [0.1, 0.15) is 11.7 Å². The highest BCUT2D eigenvalue weighted by molar-refractivity contribution is 7.14. The van der Waals surface area contributed by atoms with Gasteiger partial charge in [0.05, 0.1) is 11.1 Å². The Bertz CT molecular complexity index is 780. The summed E-state index contributed by atoms with van der Waals surface area (Å²) in [5.74, 6) is 0. The monoisotopic (exact) mass is 315 g/mol. The molecule has 1 unspecified atom stereocenters. The molecule has 2 aromatic heterocycles. The first-order valence-electron chi connectivity index (χ1n) is 6.95. The van der Waals surface area contributed by atoms with Crippen LogP contribution in [0.4, 0.5) is 9.80 Å². The largest absolute Gasteiger partial charge is 0.387 e. The molecule has 0 radical (unpaired) electrons. The summed E-state index contributed by atoms with van der Waals surface area (Å²) in [6, 6.07) is 11.2. The molecule has 0 saturated heterocycles. The van der Waals surface area contributed by atoms with Gasteiger partial charge in [-0.2, -0.15) is 0 Å². The van der Waals surface area contributed by atoms with Crippen LogP contribution in [-0.4, -0.2) is 22.2 Å². The smallest absolute Gasteiger partial charge is 0.319 e. The van der Waals surface area contributed by atoms with Crippen LogP contribution in [0.25, 0.3) is 10.9 Å². The molecular formula is C16H17N3O2S. The van der Waals surface area contributed by atoms with Crippen LogP contribution in [0.2, 0.25) is 0 Å². The third-order valence-electron chi connectivity index (χ3n) is 3.51. The minimum absolute atomic E-state index is 0.162. The molecule has 5 nitrogen and oxygen atoms in total. The molecule has 1 atom stereocenters. The average Bonchev–Trinajstić information content (AvgIpc) is 3.15. The molecule has 3 rings (SSSR count). The molecule has 0 fully saturated rings. The number of carbonyl (C=O) groups excluding carboxylic acids is 1. The summed E-state index contributed by atoms with van der Waals surface area (Å²) in [6.45, 7) is 0.162. The predicted molar refractivity (Wildman–Crippen MR) is 89.2 cm³/mol. The number of fused-ring (bicyclic) bond motifs is 1. The summed E-state index contributed by atoms with van der Waals surface area (Å²) in [4.78, 5) is 11.7. The number of aryl methyl sites for hydroxylation is 1. The van der Waals surface area contributed by atoms with Crippen molar-refractivity contribution in [3.05, 3.63) is 53.5 Å². The SMILES string of the molecule is Cn1ccc2cc(C(O)CNC(=O)Nc3cccs3)ccc21. The van der Waals surface area contributed by atoms with E-state index in [4.69, 9.17) is 0 Å². The van der Waals surface area contributed by atoms with E-state index in [-0.39, 0.29) is 12.6 Å². The second kappa shape index (κ2) is 6.21. The van der Waals surface area contributed by atoms with Crippen molar-refractivity contribution < 1.29 is 9.90 Å². The van der Waals surface area contributed by atoms with Crippen molar-refractivity contribution in [1.82, 2.24) is 9.88 Å². The molecule has 6 heteroatoms. The first kappa shape index (κ1) is 14.6. The van der Waals surface area contributed by atoms with Crippen molar-refractivity contribution in [1.29, 1.82) is 0 Å². The number of aliphatic hydroxyl groups is 1. The predicted octanol–water partition coefficient (Wildman–Crippen LogP) is 3.09. The van der Waals surface area contributed by atoms with Crippen LogP contribution in [0.3, 0.4) is 0 Å². The van der Waals surface area contributed by atoms with Gasteiger partial charge in [0.15, 0.2) is 0 Å². The number of rotatable bonds is 4. The number of thiophene rings is 1. The van der Waals surface area contributed by atoms with Crippen molar-refractivity contribution in [2.45, 2.75) is 6.10 Å². The molecule has 22 heavy (non-hydrogen) atoms. The highest BCUT2D eigenvalue weighted by atomic mass is 32.1. The lowest BCUT2D eigenvalue weighted by atomic mass is 10.1. The minimum Gasteiger partial charge on any atom is -0.387 e. The van der Waals surface area contributed by atoms with E-state index in [1.54, 1.807) is 0 Å². The van der Waals surface area contributed by atoms with Gasteiger partial charge in [0.2, 0.25) is 0 Å². The summed E-state index contributed by atoms with van der Waals surface area (Å²) >= 11 is 1.45. The van der Waals surface area contributed by atoms with Crippen LogP contribution in [0.5, 0.6) is 0 Å². The molecular weight excluding hydrogens is 298 g/mol. The summed E-state index contributed by atoms with van der Waals surface area (Å²) in [5, 5.41) is 19.3. The van der Waals surface area contributed by atoms with Crippen LogP contribution in [-0.2, 0) is 7.05 Å². The fourth-order valence-electron chi connectivity index (χ4n) is 2.32. The molecule has 0 saturated carbocycles. The number of anilines is 1. The first-order chi connectivity index (χ1) is 10.6. The highest BCUT2D eigenvalue weighted by Crippen LogP contribution is 2.21. The fourth-order valence-corrected chi connectivity index (χ4v) is 2.93. The average molecular weight is 315 g/mol. The van der Waals surface area contributed by atoms with Crippen LogP contribution in [0, 0.1) is 0 Å². The van der Waals surface area contributed by atoms with E-state index < -0.39 is 6.10 Å². The van der Waals surface area contributed by atoms with Gasteiger partial charge in [0.25, 0.3) is 0 Å². The second-order valence-electron chi connectivity index (χ2n) is 5.07. The van der Waals surface area contributed by atoms with Crippen molar-refractivity contribution in [3.8, 4) is 0 Å². The van der Waals surface area contributed by atoms with E-state index >= 15 is 0 Å². The standard InChI is InChI=1S/C16H17N3O2S/c1-19-7-6-11-9-12(4-5-13(11)19)14(20)10-17-16(21)18-15-3-2-8-22-15/h2-9,14,20H,10H2,1H3,(H2,17,18,21). The van der Waals surface area contributed by atoms with Gasteiger partial charge in [-0.3, -0.25) is 5.32 Å². The quantitative estimate of drug-likeness (QED) is 0.692. The van der Waals surface area contributed by atoms with E-state index in [2.05, 4.69) is 10.6 Å². The van der Waals surface area contributed by atoms with Crippen LogP contribution < -0.4 is 10.6 Å². The van der Waals surface area contributed by atoms with Crippen molar-refractivity contribution in [2.75, 3.05) is 11.9 Å². The van der Waals surface area contributed by atoms with Gasteiger partial charge in [-0.05, 0) is 46.7 Å². The van der Waals surface area contributed by atoms with E-state index in [1.165, 1.54) is 11.3 Å². The van der Waals surface area contributed by atoms with Gasteiger partial charge < -0.3 is 15.0 Å². The summed E-state index contributed by atoms with van der Waals surface area (Å²) in [7, 11) is 1.98. The fraction of sp³-hybridized carbons (Fsp3) is 0.188. The summed E-state index contributed by atoms with van der Waals surface area (Å²) in [6.07, 6.45) is 1.24. The third kappa shape index (κ3) is 3.13. The first-order valence-corrected chi connectivity index (χ1v) is 7.83. The number of nitrogens with one attached hydrogen (secondary N) is 2. The molecule has 0 aliphatic rings. The molecule has 2 amide bonds. The normalized spacial score (nSPS) is 12.3. The maximum Gasteiger partial charge on any atom is 0.319 e. The van der Waals surface area contributed by atoms with Gasteiger partial charge in [-0.15, -0.1) is 11.3 Å². The number of benzene rings is 1. The lowest BCUT2D eigenvalue weighted by Gasteiger charge is -2.13. The molecule has 0 spiro atoms. The number of hydrogen-bond donors (Lipinski definition) is 3. The van der Waals surface area contributed by atoms with Crippen LogP contribution in [0.15, 0.2) is 48.0 Å². The Morgan fingerprint density at radius 3 is 3.00 bits per heavy atom.